The molecule has 0 radical (unpaired) electrons. The van der Waals surface area contributed by atoms with Crippen molar-refractivity contribution in [2.45, 2.75) is 46.3 Å². The molecule has 4 nitrogen and oxygen atoms in total. The first-order valence-corrected chi connectivity index (χ1v) is 6.12. The normalized spacial score (nSPS) is 16.4. The molecule has 0 bridgehead atoms. The number of amides is 1. The van der Waals surface area contributed by atoms with Crippen LogP contribution in [-0.4, -0.2) is 42.3 Å². The lowest BCUT2D eigenvalue weighted by atomic mass is 10.1. The highest BCUT2D eigenvalue weighted by atomic mass is 16.6. The van der Waals surface area contributed by atoms with Crippen LogP contribution in [0, 0.1) is 0 Å². The van der Waals surface area contributed by atoms with Crippen molar-refractivity contribution < 1.29 is 9.53 Å². The van der Waals surface area contributed by atoms with Crippen molar-refractivity contribution in [1.82, 2.24) is 10.2 Å². The van der Waals surface area contributed by atoms with Crippen molar-refractivity contribution in [1.29, 1.82) is 0 Å². The molecule has 0 aromatic carbocycles. The summed E-state index contributed by atoms with van der Waals surface area (Å²) in [5, 5.41) is 3.37. The van der Waals surface area contributed by atoms with E-state index in [4.69, 9.17) is 4.74 Å². The first-order valence-electron chi connectivity index (χ1n) is 6.12. The smallest absolute Gasteiger partial charge is 0.410 e. The summed E-state index contributed by atoms with van der Waals surface area (Å²) in [5.41, 5.74) is 0.901. The molecule has 1 rings (SSSR count). The fourth-order valence-corrected chi connectivity index (χ4v) is 1.51. The number of carbonyl (C=O) groups is 1. The molecule has 0 aliphatic carbocycles. The zero-order chi connectivity index (χ0) is 13.1. The molecular formula is C13H24N2O2. The minimum Gasteiger partial charge on any atom is -0.444 e. The van der Waals surface area contributed by atoms with E-state index in [0.29, 0.717) is 6.04 Å². The molecule has 98 valence electrons. The van der Waals surface area contributed by atoms with Gasteiger partial charge in [0.1, 0.15) is 5.60 Å². The van der Waals surface area contributed by atoms with Crippen molar-refractivity contribution in [3.63, 3.8) is 0 Å². The summed E-state index contributed by atoms with van der Waals surface area (Å²) in [4.78, 5) is 13.4. The highest BCUT2D eigenvalue weighted by Crippen LogP contribution is 2.14. The summed E-state index contributed by atoms with van der Waals surface area (Å²) in [6.07, 6.45) is 1.94. The molecule has 0 aromatic rings. The molecule has 0 unspecified atom stereocenters. The van der Waals surface area contributed by atoms with Crippen LogP contribution >= 0.6 is 0 Å². The Hall–Kier alpha value is -1.03. The number of nitrogens with one attached hydrogen (secondary N) is 1. The number of hydrogen-bond acceptors (Lipinski definition) is 3. The largest absolute Gasteiger partial charge is 0.444 e. The molecule has 17 heavy (non-hydrogen) atoms. The molecule has 4 heteroatoms. The Morgan fingerprint density at radius 3 is 2.47 bits per heavy atom. The lowest BCUT2D eigenvalue weighted by molar-refractivity contribution is 0.00569. The van der Waals surface area contributed by atoms with Crippen molar-refractivity contribution in [3.8, 4) is 0 Å². The maximum absolute atomic E-state index is 11.6. The molecule has 1 saturated heterocycles. The van der Waals surface area contributed by atoms with E-state index in [1.165, 1.54) is 5.57 Å². The Bertz CT molecular complexity index is 295. The van der Waals surface area contributed by atoms with E-state index in [1.807, 2.05) is 20.8 Å². The lowest BCUT2D eigenvalue weighted by Gasteiger charge is -2.40. The molecule has 0 saturated carbocycles. The fourth-order valence-electron chi connectivity index (χ4n) is 1.51. The van der Waals surface area contributed by atoms with Crippen LogP contribution in [0.15, 0.2) is 11.6 Å². The highest BCUT2D eigenvalue weighted by Gasteiger charge is 2.32. The summed E-state index contributed by atoms with van der Waals surface area (Å²) in [6, 6.07) is 0.401. The van der Waals surface area contributed by atoms with Crippen molar-refractivity contribution in [3.05, 3.63) is 11.6 Å². The summed E-state index contributed by atoms with van der Waals surface area (Å²) in [5.74, 6) is 0. The monoisotopic (exact) mass is 240 g/mol. The topological polar surface area (TPSA) is 41.6 Å². The van der Waals surface area contributed by atoms with Gasteiger partial charge in [-0.15, -0.1) is 0 Å². The van der Waals surface area contributed by atoms with Crippen molar-refractivity contribution >= 4 is 6.09 Å². The van der Waals surface area contributed by atoms with Gasteiger partial charge in [-0.1, -0.05) is 11.6 Å². The van der Waals surface area contributed by atoms with Crippen LogP contribution < -0.4 is 5.32 Å². The second kappa shape index (κ2) is 5.54. The zero-order valence-corrected chi connectivity index (χ0v) is 11.5. The quantitative estimate of drug-likeness (QED) is 0.769. The third-order valence-corrected chi connectivity index (χ3v) is 2.45. The number of ether oxygens (including phenoxy) is 1. The molecule has 1 aliphatic rings. The minimum absolute atomic E-state index is 0.210. The fraction of sp³-hybridized carbons (Fsp3) is 0.769. The Morgan fingerprint density at radius 1 is 1.41 bits per heavy atom. The van der Waals surface area contributed by atoms with E-state index < -0.39 is 5.60 Å². The van der Waals surface area contributed by atoms with Gasteiger partial charge in [0.2, 0.25) is 0 Å². The van der Waals surface area contributed by atoms with Crippen molar-refractivity contribution in [2.75, 3.05) is 19.6 Å². The zero-order valence-electron chi connectivity index (χ0n) is 11.5. The van der Waals surface area contributed by atoms with Gasteiger partial charge >= 0.3 is 6.09 Å². The van der Waals surface area contributed by atoms with Crippen LogP contribution in [0.25, 0.3) is 0 Å². The Balaban J connectivity index is 2.19. The van der Waals surface area contributed by atoms with Gasteiger partial charge in [0.15, 0.2) is 0 Å². The van der Waals surface area contributed by atoms with Crippen LogP contribution in [0.3, 0.4) is 0 Å². The van der Waals surface area contributed by atoms with E-state index in [-0.39, 0.29) is 6.09 Å². The second-order valence-corrected chi connectivity index (χ2v) is 5.77. The predicted octanol–water partition coefficient (Wildman–Crippen LogP) is 2.16. The maximum Gasteiger partial charge on any atom is 0.410 e. The lowest BCUT2D eigenvalue weighted by Crippen LogP contribution is -2.60. The third-order valence-electron chi connectivity index (χ3n) is 2.45. The predicted molar refractivity (Wildman–Crippen MR) is 69.0 cm³/mol. The van der Waals surface area contributed by atoms with E-state index in [1.54, 1.807) is 4.90 Å². The van der Waals surface area contributed by atoms with Crippen LogP contribution in [0.2, 0.25) is 0 Å². The Kier molecular flexibility index (Phi) is 4.57. The van der Waals surface area contributed by atoms with E-state index in [9.17, 15) is 4.79 Å². The average molecular weight is 240 g/mol. The van der Waals surface area contributed by atoms with E-state index in [2.05, 4.69) is 25.2 Å². The third kappa shape index (κ3) is 5.22. The van der Waals surface area contributed by atoms with Crippen LogP contribution in [-0.2, 0) is 4.74 Å². The average Bonchev–Trinajstić information content (AvgIpc) is 2.04. The molecule has 0 spiro atoms. The summed E-state index contributed by atoms with van der Waals surface area (Å²) < 4.78 is 5.28. The minimum atomic E-state index is -0.405. The second-order valence-electron chi connectivity index (χ2n) is 5.77. The van der Waals surface area contributed by atoms with Gasteiger partial charge in [-0.05, 0) is 34.6 Å². The van der Waals surface area contributed by atoms with Crippen LogP contribution in [0.4, 0.5) is 4.79 Å². The summed E-state index contributed by atoms with van der Waals surface area (Å²) in [7, 11) is 0. The van der Waals surface area contributed by atoms with Gasteiger partial charge in [-0.25, -0.2) is 4.79 Å². The molecule has 0 atom stereocenters. The number of rotatable bonds is 3. The highest BCUT2D eigenvalue weighted by molar-refractivity contribution is 5.69. The summed E-state index contributed by atoms with van der Waals surface area (Å²) >= 11 is 0. The Labute approximate surface area is 104 Å². The van der Waals surface area contributed by atoms with Crippen LogP contribution in [0.5, 0.6) is 0 Å². The van der Waals surface area contributed by atoms with Gasteiger partial charge in [-0.2, -0.15) is 0 Å². The van der Waals surface area contributed by atoms with Gasteiger partial charge in [0, 0.05) is 25.7 Å². The molecule has 1 fully saturated rings. The Morgan fingerprint density at radius 2 is 2.00 bits per heavy atom. The standard InChI is InChI=1S/C13H24N2O2/c1-10(2)6-7-14-11-8-15(9-11)12(16)17-13(3,4)5/h6,11,14H,7-9H2,1-5H3. The first kappa shape index (κ1) is 14.0. The molecular weight excluding hydrogens is 216 g/mol. The maximum atomic E-state index is 11.6. The number of likely N-dealkylation sites (tertiary alicyclic amines) is 1. The molecule has 1 heterocycles. The van der Waals surface area contributed by atoms with Gasteiger partial charge < -0.3 is 15.0 Å². The van der Waals surface area contributed by atoms with Gasteiger partial charge in [0.05, 0.1) is 0 Å². The molecule has 1 aliphatic heterocycles. The molecule has 1 N–H and O–H groups in total. The summed E-state index contributed by atoms with van der Waals surface area (Å²) in [6.45, 7) is 12.2. The van der Waals surface area contributed by atoms with Crippen molar-refractivity contribution in [2.24, 2.45) is 0 Å². The molecule has 1 amide bonds. The van der Waals surface area contributed by atoms with E-state index >= 15 is 0 Å². The SMILES string of the molecule is CC(C)=CCNC1CN(C(=O)OC(C)(C)C)C1. The van der Waals surface area contributed by atoms with Gasteiger partial charge in [0.25, 0.3) is 0 Å². The number of carbonyl (C=O) groups excluding carboxylic acids is 1. The number of nitrogens with zero attached hydrogens (tertiary/aromatic N) is 1. The number of allylic oxidation sites excluding steroid dienone is 1. The van der Waals surface area contributed by atoms with E-state index in [0.717, 1.165) is 19.6 Å². The first-order chi connectivity index (χ1) is 7.78. The molecule has 0 aromatic heterocycles. The number of hydrogen-bond donors (Lipinski definition) is 1. The van der Waals surface area contributed by atoms with Gasteiger partial charge in [-0.3, -0.25) is 0 Å². The van der Waals surface area contributed by atoms with Crippen LogP contribution in [0.1, 0.15) is 34.6 Å².